The minimum absolute atomic E-state index is 0.0325. The molecule has 0 bridgehead atoms. The van der Waals surface area contributed by atoms with Gasteiger partial charge < -0.3 is 16.4 Å². The Hall–Kier alpha value is -1.39. The molecular formula is C15H23N3O. The lowest BCUT2D eigenvalue weighted by Crippen LogP contribution is -2.41. The van der Waals surface area contributed by atoms with Crippen LogP contribution in [0.1, 0.15) is 31.4 Å². The molecule has 1 aromatic rings. The minimum atomic E-state index is -0.252. The Bertz CT molecular complexity index is 401. The van der Waals surface area contributed by atoms with Gasteiger partial charge in [-0.1, -0.05) is 37.3 Å². The van der Waals surface area contributed by atoms with Gasteiger partial charge >= 0.3 is 0 Å². The van der Waals surface area contributed by atoms with Gasteiger partial charge in [0.05, 0.1) is 5.92 Å². The van der Waals surface area contributed by atoms with E-state index in [0.29, 0.717) is 12.6 Å². The highest BCUT2D eigenvalue weighted by atomic mass is 16.1. The number of hydrogen-bond donors (Lipinski definition) is 3. The molecule has 3 unspecified atom stereocenters. The summed E-state index contributed by atoms with van der Waals surface area (Å²) in [4.78, 5) is 12.1. The SMILES string of the molecule is CC(C(=O)NCC1CCCN1)C(N)c1ccccc1. The fourth-order valence-electron chi connectivity index (χ4n) is 2.44. The largest absolute Gasteiger partial charge is 0.354 e. The predicted octanol–water partition coefficient (Wildman–Crippen LogP) is 1.19. The number of nitrogens with two attached hydrogens (primary N) is 1. The second kappa shape index (κ2) is 6.68. The Morgan fingerprint density at radius 2 is 2.21 bits per heavy atom. The molecule has 1 aliphatic rings. The van der Waals surface area contributed by atoms with Crippen molar-refractivity contribution in [1.29, 1.82) is 0 Å². The van der Waals surface area contributed by atoms with Crippen LogP contribution in [0, 0.1) is 5.92 Å². The fraction of sp³-hybridized carbons (Fsp3) is 0.533. The average molecular weight is 261 g/mol. The minimum Gasteiger partial charge on any atom is -0.354 e. The van der Waals surface area contributed by atoms with Gasteiger partial charge in [0.15, 0.2) is 0 Å². The fourth-order valence-corrected chi connectivity index (χ4v) is 2.44. The molecule has 2 rings (SSSR count). The first-order valence-corrected chi connectivity index (χ1v) is 7.00. The van der Waals surface area contributed by atoms with Crippen molar-refractivity contribution in [2.45, 2.75) is 31.8 Å². The van der Waals surface area contributed by atoms with Crippen LogP contribution in [0.4, 0.5) is 0 Å². The molecule has 1 aromatic carbocycles. The topological polar surface area (TPSA) is 67.2 Å². The van der Waals surface area contributed by atoms with Crippen molar-refractivity contribution < 1.29 is 4.79 Å². The van der Waals surface area contributed by atoms with E-state index in [-0.39, 0.29) is 17.9 Å². The number of amides is 1. The third-order valence-corrected chi connectivity index (χ3v) is 3.82. The maximum absolute atomic E-state index is 12.1. The number of rotatable bonds is 5. The van der Waals surface area contributed by atoms with E-state index in [9.17, 15) is 4.79 Å². The molecule has 4 heteroatoms. The molecule has 4 N–H and O–H groups in total. The third kappa shape index (κ3) is 3.78. The van der Waals surface area contributed by atoms with Gasteiger partial charge in [0, 0.05) is 18.6 Å². The van der Waals surface area contributed by atoms with Gasteiger partial charge in [-0.15, -0.1) is 0 Å². The molecule has 0 aromatic heterocycles. The summed E-state index contributed by atoms with van der Waals surface area (Å²) in [5.41, 5.74) is 7.15. The van der Waals surface area contributed by atoms with Crippen LogP contribution in [-0.4, -0.2) is 25.0 Å². The summed E-state index contributed by atoms with van der Waals surface area (Å²) in [5, 5.41) is 6.36. The van der Waals surface area contributed by atoms with Crippen LogP contribution in [0.2, 0.25) is 0 Å². The standard InChI is InChI=1S/C15H23N3O/c1-11(14(16)12-6-3-2-4-7-12)15(19)18-10-13-8-5-9-17-13/h2-4,6-7,11,13-14,17H,5,8-10,16H2,1H3,(H,18,19). The Balaban J connectivity index is 1.84. The van der Waals surface area contributed by atoms with Gasteiger partial charge in [0.25, 0.3) is 0 Å². The molecule has 0 saturated carbocycles. The zero-order chi connectivity index (χ0) is 13.7. The number of nitrogens with one attached hydrogen (secondary N) is 2. The van der Waals surface area contributed by atoms with E-state index in [4.69, 9.17) is 5.73 Å². The smallest absolute Gasteiger partial charge is 0.224 e. The Kier molecular flexibility index (Phi) is 4.93. The summed E-state index contributed by atoms with van der Waals surface area (Å²) < 4.78 is 0. The van der Waals surface area contributed by atoms with E-state index < -0.39 is 0 Å². The Morgan fingerprint density at radius 1 is 1.47 bits per heavy atom. The summed E-state index contributed by atoms with van der Waals surface area (Å²) in [6.45, 7) is 3.64. The highest BCUT2D eigenvalue weighted by Crippen LogP contribution is 2.19. The van der Waals surface area contributed by atoms with Crippen LogP contribution in [0.3, 0.4) is 0 Å². The summed E-state index contributed by atoms with van der Waals surface area (Å²) in [6, 6.07) is 9.94. The summed E-state index contributed by atoms with van der Waals surface area (Å²) in [7, 11) is 0. The first kappa shape index (κ1) is 14.0. The molecule has 0 radical (unpaired) electrons. The van der Waals surface area contributed by atoms with Gasteiger partial charge in [-0.25, -0.2) is 0 Å². The van der Waals surface area contributed by atoms with E-state index in [1.807, 2.05) is 37.3 Å². The molecule has 1 heterocycles. The van der Waals surface area contributed by atoms with Gasteiger partial charge in [0.1, 0.15) is 0 Å². The van der Waals surface area contributed by atoms with Crippen LogP contribution in [0.5, 0.6) is 0 Å². The second-order valence-electron chi connectivity index (χ2n) is 5.26. The van der Waals surface area contributed by atoms with Crippen molar-refractivity contribution in [3.05, 3.63) is 35.9 Å². The number of carbonyl (C=O) groups is 1. The molecule has 0 aliphatic carbocycles. The molecular weight excluding hydrogens is 238 g/mol. The van der Waals surface area contributed by atoms with Crippen LogP contribution < -0.4 is 16.4 Å². The van der Waals surface area contributed by atoms with E-state index in [2.05, 4.69) is 10.6 Å². The molecule has 4 nitrogen and oxygen atoms in total. The normalized spacial score (nSPS) is 21.9. The monoisotopic (exact) mass is 261 g/mol. The van der Waals surface area contributed by atoms with Crippen LogP contribution in [0.25, 0.3) is 0 Å². The lowest BCUT2D eigenvalue weighted by Gasteiger charge is -2.21. The number of carbonyl (C=O) groups excluding carboxylic acids is 1. The Labute approximate surface area is 114 Å². The first-order chi connectivity index (χ1) is 9.18. The zero-order valence-corrected chi connectivity index (χ0v) is 11.4. The van der Waals surface area contributed by atoms with Crippen LogP contribution in [0.15, 0.2) is 30.3 Å². The molecule has 1 saturated heterocycles. The molecule has 1 amide bonds. The quantitative estimate of drug-likeness (QED) is 0.746. The van der Waals surface area contributed by atoms with E-state index in [1.54, 1.807) is 0 Å². The van der Waals surface area contributed by atoms with Crippen molar-refractivity contribution in [1.82, 2.24) is 10.6 Å². The van der Waals surface area contributed by atoms with Gasteiger partial charge in [-0.2, -0.15) is 0 Å². The van der Waals surface area contributed by atoms with Gasteiger partial charge in [0.2, 0.25) is 5.91 Å². The summed E-state index contributed by atoms with van der Waals surface area (Å²) in [5.74, 6) is -0.186. The zero-order valence-electron chi connectivity index (χ0n) is 11.4. The third-order valence-electron chi connectivity index (χ3n) is 3.82. The highest BCUT2D eigenvalue weighted by Gasteiger charge is 2.23. The maximum atomic E-state index is 12.1. The Morgan fingerprint density at radius 3 is 2.84 bits per heavy atom. The van der Waals surface area contributed by atoms with Crippen molar-refractivity contribution in [3.63, 3.8) is 0 Å². The molecule has 104 valence electrons. The maximum Gasteiger partial charge on any atom is 0.224 e. The molecule has 3 atom stereocenters. The van der Waals surface area contributed by atoms with Crippen molar-refractivity contribution >= 4 is 5.91 Å². The lowest BCUT2D eigenvalue weighted by molar-refractivity contribution is -0.125. The number of hydrogen-bond acceptors (Lipinski definition) is 3. The molecule has 1 fully saturated rings. The van der Waals surface area contributed by atoms with Gasteiger partial charge in [-0.05, 0) is 24.9 Å². The number of benzene rings is 1. The molecule has 19 heavy (non-hydrogen) atoms. The predicted molar refractivity (Wildman–Crippen MR) is 76.6 cm³/mol. The summed E-state index contributed by atoms with van der Waals surface area (Å²) in [6.07, 6.45) is 2.33. The molecule has 1 aliphatic heterocycles. The first-order valence-electron chi connectivity index (χ1n) is 7.00. The molecule has 0 spiro atoms. The van der Waals surface area contributed by atoms with E-state index >= 15 is 0 Å². The average Bonchev–Trinajstić information content (AvgIpc) is 2.97. The van der Waals surface area contributed by atoms with E-state index in [0.717, 1.165) is 18.5 Å². The van der Waals surface area contributed by atoms with Crippen molar-refractivity contribution in [3.8, 4) is 0 Å². The second-order valence-corrected chi connectivity index (χ2v) is 5.26. The van der Waals surface area contributed by atoms with Gasteiger partial charge in [-0.3, -0.25) is 4.79 Å². The highest BCUT2D eigenvalue weighted by molar-refractivity contribution is 5.79. The van der Waals surface area contributed by atoms with Crippen LogP contribution in [-0.2, 0) is 4.79 Å². The lowest BCUT2D eigenvalue weighted by atomic mass is 9.94. The summed E-state index contributed by atoms with van der Waals surface area (Å²) >= 11 is 0. The van der Waals surface area contributed by atoms with E-state index in [1.165, 1.54) is 6.42 Å². The van der Waals surface area contributed by atoms with Crippen molar-refractivity contribution in [2.75, 3.05) is 13.1 Å². The van der Waals surface area contributed by atoms with Crippen molar-refractivity contribution in [2.24, 2.45) is 11.7 Å². The van der Waals surface area contributed by atoms with Crippen LogP contribution >= 0.6 is 0 Å².